The smallest absolute Gasteiger partial charge is 0.257 e. The highest BCUT2D eigenvalue weighted by molar-refractivity contribution is 5.72. The number of nitrogens with zero attached hydrogens (tertiary/aromatic N) is 2. The van der Waals surface area contributed by atoms with Crippen LogP contribution in [0.2, 0.25) is 0 Å². The number of aromatic nitrogens is 2. The lowest BCUT2D eigenvalue weighted by molar-refractivity contribution is -0.119. The van der Waals surface area contributed by atoms with E-state index in [2.05, 4.69) is 15.3 Å². The van der Waals surface area contributed by atoms with Crippen molar-refractivity contribution in [1.29, 1.82) is 0 Å². The topological polar surface area (TPSA) is 131 Å². The van der Waals surface area contributed by atoms with Crippen LogP contribution in [0.15, 0.2) is 6.20 Å². The van der Waals surface area contributed by atoms with Crippen LogP contribution in [-0.4, -0.2) is 45.8 Å². The molecule has 8 nitrogen and oxygen atoms in total. The molecule has 5 N–H and O–H groups in total. The molecule has 100 valence electrons. The second kappa shape index (κ2) is 6.12. The van der Waals surface area contributed by atoms with Gasteiger partial charge in [-0.05, 0) is 0 Å². The number of amides is 1. The summed E-state index contributed by atoms with van der Waals surface area (Å²) >= 11 is 0. The first kappa shape index (κ1) is 14.1. The van der Waals surface area contributed by atoms with Crippen LogP contribution in [-0.2, 0) is 4.79 Å². The van der Waals surface area contributed by atoms with Crippen LogP contribution in [0, 0.1) is 0 Å². The maximum absolute atomic E-state index is 10.7. The normalized spacial score (nSPS) is 13.8. The molecule has 0 bridgehead atoms. The number of aliphatic hydroxyl groups is 2. The van der Waals surface area contributed by atoms with E-state index in [1.54, 1.807) is 0 Å². The molecule has 1 rings (SSSR count). The first-order valence-electron chi connectivity index (χ1n) is 5.22. The molecular formula is C10H16N4O4. The Balaban J connectivity index is 2.76. The van der Waals surface area contributed by atoms with Crippen molar-refractivity contribution in [3.8, 4) is 5.88 Å². The van der Waals surface area contributed by atoms with Crippen LogP contribution in [0.25, 0.3) is 0 Å². The van der Waals surface area contributed by atoms with Gasteiger partial charge in [-0.3, -0.25) is 4.79 Å². The van der Waals surface area contributed by atoms with E-state index in [4.69, 9.17) is 10.5 Å². The number of carbonyl (C=O) groups excluding carboxylic acids is 1. The van der Waals surface area contributed by atoms with E-state index in [9.17, 15) is 15.0 Å². The summed E-state index contributed by atoms with van der Waals surface area (Å²) in [5.74, 6) is -0.148. The second-order valence-electron chi connectivity index (χ2n) is 3.64. The molecule has 0 saturated carbocycles. The first-order valence-corrected chi connectivity index (χ1v) is 5.22. The van der Waals surface area contributed by atoms with Gasteiger partial charge in [-0.2, -0.15) is 0 Å². The average Bonchev–Trinajstić information content (AvgIpc) is 2.35. The number of methoxy groups -OCH3 is 1. The zero-order chi connectivity index (χ0) is 13.7. The summed E-state index contributed by atoms with van der Waals surface area (Å²) in [6.45, 7) is 1.22. The van der Waals surface area contributed by atoms with Gasteiger partial charge in [0, 0.05) is 13.5 Å². The van der Waals surface area contributed by atoms with E-state index in [1.807, 2.05) is 0 Å². The van der Waals surface area contributed by atoms with Crippen LogP contribution in [0.5, 0.6) is 5.88 Å². The molecule has 1 amide bonds. The number of hydrogen-bond acceptors (Lipinski definition) is 7. The predicted octanol–water partition coefficient (Wildman–Crippen LogP) is -1.40. The van der Waals surface area contributed by atoms with Crippen molar-refractivity contribution in [2.75, 3.05) is 19.4 Å². The number of nitrogens with two attached hydrogens (primary N) is 1. The van der Waals surface area contributed by atoms with Crippen LogP contribution in [0.4, 0.5) is 5.82 Å². The van der Waals surface area contributed by atoms with Gasteiger partial charge in [0.1, 0.15) is 12.2 Å². The number of nitrogen functional groups attached to an aromatic ring is 1. The van der Waals surface area contributed by atoms with Gasteiger partial charge in [-0.25, -0.2) is 9.97 Å². The average molecular weight is 256 g/mol. The number of hydrogen-bond donors (Lipinski definition) is 4. The molecule has 8 heteroatoms. The molecule has 0 aliphatic rings. The number of carbonyl (C=O) groups is 1. The lowest BCUT2D eigenvalue weighted by atomic mass is 10.1. The molecule has 0 aliphatic heterocycles. The quantitative estimate of drug-likeness (QED) is 0.509. The Morgan fingerprint density at radius 1 is 1.61 bits per heavy atom. The number of rotatable bonds is 5. The summed E-state index contributed by atoms with van der Waals surface area (Å²) in [4.78, 5) is 18.4. The Morgan fingerprint density at radius 3 is 2.83 bits per heavy atom. The standard InChI is InChI=1S/C10H16N4O4/c1-5(15)12-4-7(16)8(17)6-3-13-9(11)10(14-6)18-2/h3,7-8,16-17H,4H2,1-2H3,(H2,11,13)(H,12,15). The largest absolute Gasteiger partial charge is 0.478 e. The van der Waals surface area contributed by atoms with Crippen molar-refractivity contribution in [3.63, 3.8) is 0 Å². The van der Waals surface area contributed by atoms with E-state index >= 15 is 0 Å². The van der Waals surface area contributed by atoms with Gasteiger partial charge >= 0.3 is 0 Å². The molecule has 1 aromatic rings. The highest BCUT2D eigenvalue weighted by atomic mass is 16.5. The molecule has 2 unspecified atom stereocenters. The van der Waals surface area contributed by atoms with Gasteiger partial charge in [-0.1, -0.05) is 0 Å². The predicted molar refractivity (Wildman–Crippen MR) is 62.6 cm³/mol. The SMILES string of the molecule is COc1nc(C(O)C(O)CNC(C)=O)cnc1N. The third kappa shape index (κ3) is 3.54. The molecule has 0 fully saturated rings. The number of nitrogens with one attached hydrogen (secondary N) is 1. The van der Waals surface area contributed by atoms with E-state index in [0.717, 1.165) is 0 Å². The maximum Gasteiger partial charge on any atom is 0.257 e. The highest BCUT2D eigenvalue weighted by Crippen LogP contribution is 2.20. The fraction of sp³-hybridized carbons (Fsp3) is 0.500. The van der Waals surface area contributed by atoms with Crippen LogP contribution >= 0.6 is 0 Å². The zero-order valence-electron chi connectivity index (χ0n) is 10.1. The van der Waals surface area contributed by atoms with Crippen molar-refractivity contribution in [2.45, 2.75) is 19.1 Å². The van der Waals surface area contributed by atoms with Crippen LogP contribution < -0.4 is 15.8 Å². The van der Waals surface area contributed by atoms with Crippen molar-refractivity contribution >= 4 is 11.7 Å². The second-order valence-corrected chi connectivity index (χ2v) is 3.64. The summed E-state index contributed by atoms with van der Waals surface area (Å²) in [5.41, 5.74) is 5.58. The van der Waals surface area contributed by atoms with Gasteiger partial charge in [0.2, 0.25) is 5.91 Å². The Kier molecular flexibility index (Phi) is 4.81. The third-order valence-corrected chi connectivity index (χ3v) is 2.21. The van der Waals surface area contributed by atoms with E-state index in [1.165, 1.54) is 20.2 Å². The van der Waals surface area contributed by atoms with Gasteiger partial charge < -0.3 is 26.0 Å². The van der Waals surface area contributed by atoms with Gasteiger partial charge in [0.05, 0.1) is 19.0 Å². The Bertz CT molecular complexity index is 426. The number of anilines is 1. The molecule has 0 spiro atoms. The summed E-state index contributed by atoms with van der Waals surface area (Å²) < 4.78 is 4.85. The number of aliphatic hydroxyl groups excluding tert-OH is 2. The minimum absolute atomic E-state index is 0.0678. The molecule has 0 aliphatic carbocycles. The summed E-state index contributed by atoms with van der Waals surface area (Å²) in [6.07, 6.45) is -1.25. The minimum atomic E-state index is -1.29. The fourth-order valence-electron chi connectivity index (χ4n) is 1.24. The van der Waals surface area contributed by atoms with E-state index in [0.29, 0.717) is 0 Å². The molecule has 0 saturated heterocycles. The summed E-state index contributed by atoms with van der Waals surface area (Å²) in [5, 5.41) is 21.8. The minimum Gasteiger partial charge on any atom is -0.478 e. The molecule has 18 heavy (non-hydrogen) atoms. The van der Waals surface area contributed by atoms with Crippen molar-refractivity contribution in [2.24, 2.45) is 0 Å². The van der Waals surface area contributed by atoms with Crippen molar-refractivity contribution in [1.82, 2.24) is 15.3 Å². The lowest BCUT2D eigenvalue weighted by Crippen LogP contribution is -2.34. The van der Waals surface area contributed by atoms with Gasteiger partial charge in [0.25, 0.3) is 5.88 Å². The summed E-state index contributed by atoms with van der Waals surface area (Å²) in [6, 6.07) is 0. The lowest BCUT2D eigenvalue weighted by Gasteiger charge is -2.17. The van der Waals surface area contributed by atoms with E-state index < -0.39 is 12.2 Å². The monoisotopic (exact) mass is 256 g/mol. The highest BCUT2D eigenvalue weighted by Gasteiger charge is 2.21. The van der Waals surface area contributed by atoms with E-state index in [-0.39, 0.29) is 29.8 Å². The molecule has 0 radical (unpaired) electrons. The molecule has 1 heterocycles. The fourth-order valence-corrected chi connectivity index (χ4v) is 1.24. The first-order chi connectivity index (χ1) is 8.45. The maximum atomic E-state index is 10.7. The Labute approximate surface area is 104 Å². The molecule has 1 aromatic heterocycles. The number of ether oxygens (including phenoxy) is 1. The summed E-state index contributed by atoms with van der Waals surface area (Å²) in [7, 11) is 1.37. The zero-order valence-corrected chi connectivity index (χ0v) is 10.1. The molecular weight excluding hydrogens is 240 g/mol. The molecule has 2 atom stereocenters. The van der Waals surface area contributed by atoms with Gasteiger partial charge in [-0.15, -0.1) is 0 Å². The Hall–Kier alpha value is -1.93. The van der Waals surface area contributed by atoms with Gasteiger partial charge in [0.15, 0.2) is 5.82 Å². The van der Waals surface area contributed by atoms with Crippen molar-refractivity contribution < 1.29 is 19.7 Å². The third-order valence-electron chi connectivity index (χ3n) is 2.21. The molecule has 0 aromatic carbocycles. The Morgan fingerprint density at radius 2 is 2.28 bits per heavy atom. The van der Waals surface area contributed by atoms with Crippen LogP contribution in [0.3, 0.4) is 0 Å². The van der Waals surface area contributed by atoms with Crippen LogP contribution in [0.1, 0.15) is 18.7 Å². The van der Waals surface area contributed by atoms with Crippen molar-refractivity contribution in [3.05, 3.63) is 11.9 Å².